The minimum Gasteiger partial charge on any atom is -0.478 e. The van der Waals surface area contributed by atoms with E-state index in [1.54, 1.807) is 12.1 Å². The van der Waals surface area contributed by atoms with Crippen molar-refractivity contribution in [3.63, 3.8) is 0 Å². The van der Waals surface area contributed by atoms with Gasteiger partial charge in [-0.3, -0.25) is 21.1 Å². The van der Waals surface area contributed by atoms with Gasteiger partial charge in [-0.05, 0) is 36.0 Å². The van der Waals surface area contributed by atoms with Crippen LogP contribution in [0.1, 0.15) is 26.3 Å². The average Bonchev–Trinajstić information content (AvgIpc) is 2.66. The number of benzene rings is 2. The molecule has 1 amide bonds. The number of hydrogen-bond donors (Lipinski definition) is 4. The zero-order valence-electron chi connectivity index (χ0n) is 13.5. The summed E-state index contributed by atoms with van der Waals surface area (Å²) in [5, 5.41) is 13.0. The number of aromatic carboxylic acids is 1. The lowest BCUT2D eigenvalue weighted by Crippen LogP contribution is -2.45. The second-order valence-electron chi connectivity index (χ2n) is 4.92. The number of nitrogens with zero attached hydrogens (tertiary/aromatic N) is 1. The van der Waals surface area contributed by atoms with E-state index in [0.717, 1.165) is 5.56 Å². The molecule has 26 heavy (non-hydrogen) atoms. The van der Waals surface area contributed by atoms with Gasteiger partial charge in [-0.1, -0.05) is 48.5 Å². The molecule has 2 rings (SSSR count). The van der Waals surface area contributed by atoms with Gasteiger partial charge < -0.3 is 5.11 Å². The smallest absolute Gasteiger partial charge is 0.336 e. The van der Waals surface area contributed by atoms with Crippen molar-refractivity contribution in [2.45, 2.75) is 0 Å². The standard InChI is InChI=1S/C18H16N4O3S/c23-16(14-10-4-5-11-15(14)17(24)25)20-22-18(26)21-19-12-6-9-13-7-2-1-3-8-13/h1-12H,(H,20,23)(H,24,25)(H2,21,22,26). The molecule has 0 fully saturated rings. The lowest BCUT2D eigenvalue weighted by molar-refractivity contribution is 0.0690. The number of amides is 1. The Morgan fingerprint density at radius 1 is 0.962 bits per heavy atom. The fourth-order valence-corrected chi connectivity index (χ4v) is 2.04. The van der Waals surface area contributed by atoms with Crippen LogP contribution < -0.4 is 16.3 Å². The third-order valence-corrected chi connectivity index (χ3v) is 3.30. The topological polar surface area (TPSA) is 103 Å². The van der Waals surface area contributed by atoms with Crippen LogP contribution in [-0.4, -0.2) is 28.3 Å². The number of carboxylic acid groups (broad SMARTS) is 1. The minimum atomic E-state index is -1.19. The maximum absolute atomic E-state index is 12.0. The number of carboxylic acids is 1. The Labute approximate surface area is 155 Å². The van der Waals surface area contributed by atoms with Gasteiger partial charge in [0, 0.05) is 6.21 Å². The van der Waals surface area contributed by atoms with Crippen LogP contribution in [0, 0.1) is 0 Å². The SMILES string of the molecule is O=C(O)c1ccccc1C(=O)NNC(=S)NN=CC=Cc1ccccc1. The van der Waals surface area contributed by atoms with E-state index in [-0.39, 0.29) is 16.2 Å². The summed E-state index contributed by atoms with van der Waals surface area (Å²) in [6, 6.07) is 15.6. The highest BCUT2D eigenvalue weighted by Gasteiger charge is 2.15. The Hall–Kier alpha value is -3.52. The van der Waals surface area contributed by atoms with Crippen LogP contribution in [0.25, 0.3) is 6.08 Å². The van der Waals surface area contributed by atoms with Gasteiger partial charge in [0.15, 0.2) is 0 Å². The Morgan fingerprint density at radius 3 is 2.31 bits per heavy atom. The molecule has 0 aliphatic rings. The van der Waals surface area contributed by atoms with Crippen LogP contribution in [0.3, 0.4) is 0 Å². The predicted molar refractivity (Wildman–Crippen MR) is 104 cm³/mol. The molecule has 0 aliphatic carbocycles. The average molecular weight is 368 g/mol. The quantitative estimate of drug-likeness (QED) is 0.367. The molecule has 132 valence electrons. The van der Waals surface area contributed by atoms with Crippen LogP contribution in [-0.2, 0) is 0 Å². The van der Waals surface area contributed by atoms with E-state index in [1.807, 2.05) is 36.4 Å². The van der Waals surface area contributed by atoms with Crippen molar-refractivity contribution in [1.82, 2.24) is 16.3 Å². The highest BCUT2D eigenvalue weighted by molar-refractivity contribution is 7.80. The fraction of sp³-hybridized carbons (Fsp3) is 0. The van der Waals surface area contributed by atoms with E-state index in [0.29, 0.717) is 0 Å². The fourth-order valence-electron chi connectivity index (χ4n) is 1.93. The first kappa shape index (κ1) is 18.8. The van der Waals surface area contributed by atoms with E-state index in [4.69, 9.17) is 17.3 Å². The summed E-state index contributed by atoms with van der Waals surface area (Å²) in [6.45, 7) is 0. The third-order valence-electron chi connectivity index (χ3n) is 3.11. The number of hydrazone groups is 1. The molecule has 4 N–H and O–H groups in total. The molecular formula is C18H16N4O3S. The van der Waals surface area contributed by atoms with Gasteiger partial charge in [-0.2, -0.15) is 5.10 Å². The van der Waals surface area contributed by atoms with Crippen LogP contribution >= 0.6 is 12.2 Å². The van der Waals surface area contributed by atoms with Crippen LogP contribution in [0.5, 0.6) is 0 Å². The van der Waals surface area contributed by atoms with Crippen molar-refractivity contribution in [2.75, 3.05) is 0 Å². The molecule has 0 unspecified atom stereocenters. The molecule has 0 saturated carbocycles. The zero-order chi connectivity index (χ0) is 18.8. The number of carbonyl (C=O) groups excluding carboxylic acids is 1. The monoisotopic (exact) mass is 368 g/mol. The number of allylic oxidation sites excluding steroid dienone is 1. The van der Waals surface area contributed by atoms with Gasteiger partial charge >= 0.3 is 5.97 Å². The Balaban J connectivity index is 1.80. The normalized spacial score (nSPS) is 10.6. The molecule has 0 heterocycles. The Kier molecular flexibility index (Phi) is 7.02. The van der Waals surface area contributed by atoms with Crippen LogP contribution in [0.2, 0.25) is 0 Å². The molecular weight excluding hydrogens is 352 g/mol. The Bertz CT molecular complexity index is 851. The predicted octanol–water partition coefficient (Wildman–Crippen LogP) is 2.19. The molecule has 0 spiro atoms. The van der Waals surface area contributed by atoms with Gasteiger partial charge in [-0.25, -0.2) is 4.79 Å². The first-order valence-corrected chi connectivity index (χ1v) is 7.92. The van der Waals surface area contributed by atoms with E-state index in [9.17, 15) is 9.59 Å². The number of thiocarbonyl (C=S) groups is 1. The van der Waals surface area contributed by atoms with Gasteiger partial charge in [0.1, 0.15) is 0 Å². The summed E-state index contributed by atoms with van der Waals surface area (Å²) >= 11 is 4.96. The molecule has 0 aliphatic heterocycles. The Morgan fingerprint density at radius 2 is 1.62 bits per heavy atom. The zero-order valence-corrected chi connectivity index (χ0v) is 14.4. The molecule has 0 saturated heterocycles. The van der Waals surface area contributed by atoms with Gasteiger partial charge in [0.2, 0.25) is 5.11 Å². The summed E-state index contributed by atoms with van der Waals surface area (Å²) in [7, 11) is 0. The van der Waals surface area contributed by atoms with Gasteiger partial charge in [0.25, 0.3) is 5.91 Å². The van der Waals surface area contributed by atoms with Crippen LogP contribution in [0.15, 0.2) is 65.8 Å². The summed E-state index contributed by atoms with van der Waals surface area (Å²) in [6.07, 6.45) is 5.10. The van der Waals surface area contributed by atoms with Crippen molar-refractivity contribution in [2.24, 2.45) is 5.10 Å². The number of hydrogen-bond acceptors (Lipinski definition) is 4. The molecule has 0 atom stereocenters. The van der Waals surface area contributed by atoms with Crippen molar-refractivity contribution in [3.8, 4) is 0 Å². The summed E-state index contributed by atoms with van der Waals surface area (Å²) in [5.41, 5.74) is 8.23. The first-order chi connectivity index (χ1) is 12.6. The minimum absolute atomic E-state index is 0.0181. The number of hydrazine groups is 1. The maximum Gasteiger partial charge on any atom is 0.336 e. The van der Waals surface area contributed by atoms with Crippen molar-refractivity contribution in [1.29, 1.82) is 0 Å². The lowest BCUT2D eigenvalue weighted by atomic mass is 10.1. The van der Waals surface area contributed by atoms with Crippen molar-refractivity contribution >= 4 is 41.5 Å². The molecule has 0 aromatic heterocycles. The van der Waals surface area contributed by atoms with E-state index < -0.39 is 11.9 Å². The molecule has 7 nitrogen and oxygen atoms in total. The number of rotatable bonds is 5. The lowest BCUT2D eigenvalue weighted by Gasteiger charge is -2.10. The van der Waals surface area contributed by atoms with Gasteiger partial charge in [0.05, 0.1) is 11.1 Å². The number of carbonyl (C=O) groups is 2. The molecule has 2 aromatic carbocycles. The molecule has 2 aromatic rings. The van der Waals surface area contributed by atoms with Crippen molar-refractivity contribution < 1.29 is 14.7 Å². The highest BCUT2D eigenvalue weighted by Crippen LogP contribution is 2.08. The second kappa shape index (κ2) is 9.70. The van der Waals surface area contributed by atoms with E-state index in [1.165, 1.54) is 24.4 Å². The summed E-state index contributed by atoms with van der Waals surface area (Å²) in [4.78, 5) is 23.1. The number of nitrogens with one attached hydrogen (secondary N) is 3. The summed E-state index contributed by atoms with van der Waals surface area (Å²) < 4.78 is 0. The van der Waals surface area contributed by atoms with Crippen molar-refractivity contribution in [3.05, 3.63) is 77.4 Å². The molecule has 0 radical (unpaired) electrons. The highest BCUT2D eigenvalue weighted by atomic mass is 32.1. The third kappa shape index (κ3) is 5.84. The van der Waals surface area contributed by atoms with E-state index >= 15 is 0 Å². The molecule has 0 bridgehead atoms. The largest absolute Gasteiger partial charge is 0.478 e. The van der Waals surface area contributed by atoms with E-state index in [2.05, 4.69) is 21.4 Å². The second-order valence-corrected chi connectivity index (χ2v) is 5.33. The van der Waals surface area contributed by atoms with Gasteiger partial charge in [-0.15, -0.1) is 0 Å². The molecule has 8 heteroatoms. The maximum atomic E-state index is 12.0. The summed E-state index contributed by atoms with van der Waals surface area (Å²) in [5.74, 6) is -1.81. The first-order valence-electron chi connectivity index (χ1n) is 7.51. The van der Waals surface area contributed by atoms with Crippen LogP contribution in [0.4, 0.5) is 0 Å².